The molecule has 1 atom stereocenters. The van der Waals surface area contributed by atoms with Crippen LogP contribution in [0.15, 0.2) is 18.2 Å². The second kappa shape index (κ2) is 8.85. The molecule has 2 fully saturated rings. The number of hydrogen-bond donors (Lipinski definition) is 3. The highest BCUT2D eigenvalue weighted by Gasteiger charge is 2.22. The molecule has 2 aromatic rings. The predicted molar refractivity (Wildman–Crippen MR) is 103 cm³/mol. The number of benzene rings is 1. The first kappa shape index (κ1) is 20.0. The van der Waals surface area contributed by atoms with E-state index in [1.54, 1.807) is 0 Å². The van der Waals surface area contributed by atoms with Gasteiger partial charge in [0, 0.05) is 18.2 Å². The maximum Gasteiger partial charge on any atom is 0.227 e. The van der Waals surface area contributed by atoms with Crippen LogP contribution < -0.4 is 10.6 Å². The molecule has 138 valence electrons. The van der Waals surface area contributed by atoms with E-state index in [0.29, 0.717) is 0 Å². The molecule has 2 aliphatic heterocycles. The van der Waals surface area contributed by atoms with Gasteiger partial charge in [0.1, 0.15) is 11.9 Å². The van der Waals surface area contributed by atoms with Crippen molar-refractivity contribution in [1.82, 2.24) is 15.3 Å². The third kappa shape index (κ3) is 4.44. The molecule has 3 heterocycles. The summed E-state index contributed by atoms with van der Waals surface area (Å²) in [5.41, 5.74) is 2.68. The lowest BCUT2D eigenvalue weighted by Gasteiger charge is -2.21. The van der Waals surface area contributed by atoms with Gasteiger partial charge in [-0.3, -0.25) is 4.79 Å². The summed E-state index contributed by atoms with van der Waals surface area (Å²) in [6.07, 6.45) is 3.98. The smallest absolute Gasteiger partial charge is 0.227 e. The van der Waals surface area contributed by atoms with Crippen molar-refractivity contribution in [3.63, 3.8) is 0 Å². The van der Waals surface area contributed by atoms with Crippen LogP contribution >= 0.6 is 24.8 Å². The standard InChI is InChI=1S/C17H22N4O2.2ClH/c22-17(11-5-7-18-8-6-11)19-12-3-4-13-14(10-12)21-16(20-13)15-2-1-9-23-15;;/h3-4,10-11,15,18H,1-2,5-9H2,(H,19,22)(H,20,21);2*1H. The van der Waals surface area contributed by atoms with Gasteiger partial charge in [0.05, 0.1) is 11.0 Å². The maximum atomic E-state index is 12.3. The van der Waals surface area contributed by atoms with Crippen molar-refractivity contribution in [2.45, 2.75) is 31.8 Å². The zero-order valence-corrected chi connectivity index (χ0v) is 15.5. The molecule has 4 rings (SSSR count). The summed E-state index contributed by atoms with van der Waals surface area (Å²) in [4.78, 5) is 20.3. The molecule has 25 heavy (non-hydrogen) atoms. The number of nitrogens with one attached hydrogen (secondary N) is 3. The number of fused-ring (bicyclic) bond motifs is 1. The molecular formula is C17H24Cl2N4O2. The third-order valence-electron chi connectivity index (χ3n) is 4.71. The number of nitrogens with zero attached hydrogens (tertiary/aromatic N) is 1. The second-order valence-electron chi connectivity index (χ2n) is 6.37. The molecule has 0 aliphatic carbocycles. The topological polar surface area (TPSA) is 79.0 Å². The molecule has 2 aliphatic rings. The Morgan fingerprint density at radius 1 is 1.20 bits per heavy atom. The average molecular weight is 387 g/mol. The Bertz CT molecular complexity index is 710. The summed E-state index contributed by atoms with van der Waals surface area (Å²) >= 11 is 0. The number of imidazole rings is 1. The first-order valence-electron chi connectivity index (χ1n) is 8.42. The van der Waals surface area contributed by atoms with Gasteiger partial charge >= 0.3 is 0 Å². The first-order valence-corrected chi connectivity index (χ1v) is 8.42. The number of rotatable bonds is 3. The summed E-state index contributed by atoms with van der Waals surface area (Å²) in [6, 6.07) is 5.82. The molecular weight excluding hydrogens is 363 g/mol. The fourth-order valence-corrected chi connectivity index (χ4v) is 3.38. The Labute approximate surface area is 159 Å². The van der Waals surface area contributed by atoms with Crippen LogP contribution in [0.3, 0.4) is 0 Å². The quantitative estimate of drug-likeness (QED) is 0.756. The number of carbonyl (C=O) groups is 1. The minimum Gasteiger partial charge on any atom is -0.370 e. The maximum absolute atomic E-state index is 12.3. The number of carbonyl (C=O) groups excluding carboxylic acids is 1. The van der Waals surface area contributed by atoms with Gasteiger partial charge in [0.2, 0.25) is 5.91 Å². The highest BCUT2D eigenvalue weighted by Crippen LogP contribution is 2.28. The van der Waals surface area contributed by atoms with E-state index in [1.165, 1.54) is 0 Å². The van der Waals surface area contributed by atoms with Gasteiger partial charge in [-0.15, -0.1) is 24.8 Å². The lowest BCUT2D eigenvalue weighted by Crippen LogP contribution is -2.34. The van der Waals surface area contributed by atoms with Gasteiger partial charge in [-0.25, -0.2) is 4.98 Å². The zero-order valence-electron chi connectivity index (χ0n) is 13.9. The van der Waals surface area contributed by atoms with Crippen molar-refractivity contribution in [2.75, 3.05) is 25.0 Å². The summed E-state index contributed by atoms with van der Waals surface area (Å²) in [5, 5.41) is 6.32. The van der Waals surface area contributed by atoms with Crippen LogP contribution in [0.5, 0.6) is 0 Å². The molecule has 8 heteroatoms. The normalized spacial score (nSPS) is 20.7. The number of hydrogen-bond acceptors (Lipinski definition) is 4. The Hall–Kier alpha value is -1.34. The Morgan fingerprint density at radius 2 is 2.00 bits per heavy atom. The van der Waals surface area contributed by atoms with E-state index in [0.717, 1.165) is 67.9 Å². The van der Waals surface area contributed by atoms with Crippen molar-refractivity contribution in [2.24, 2.45) is 5.92 Å². The van der Waals surface area contributed by atoms with E-state index in [9.17, 15) is 4.79 Å². The molecule has 1 amide bonds. The van der Waals surface area contributed by atoms with Gasteiger partial charge < -0.3 is 20.4 Å². The number of piperidine rings is 1. The predicted octanol–water partition coefficient (Wildman–Crippen LogP) is 3.20. The summed E-state index contributed by atoms with van der Waals surface area (Å²) in [7, 11) is 0. The minimum absolute atomic E-state index is 0. The number of H-pyrrole nitrogens is 1. The fraction of sp³-hybridized carbons (Fsp3) is 0.529. The van der Waals surface area contributed by atoms with Crippen molar-refractivity contribution in [1.29, 1.82) is 0 Å². The highest BCUT2D eigenvalue weighted by atomic mass is 35.5. The van der Waals surface area contributed by atoms with E-state index >= 15 is 0 Å². The number of amides is 1. The van der Waals surface area contributed by atoms with Crippen LogP contribution in [0.2, 0.25) is 0 Å². The van der Waals surface area contributed by atoms with E-state index in [1.807, 2.05) is 18.2 Å². The van der Waals surface area contributed by atoms with Gasteiger partial charge in [-0.05, 0) is 57.0 Å². The van der Waals surface area contributed by atoms with Crippen LogP contribution in [0.4, 0.5) is 5.69 Å². The van der Waals surface area contributed by atoms with Gasteiger partial charge in [-0.1, -0.05) is 0 Å². The highest BCUT2D eigenvalue weighted by molar-refractivity contribution is 5.94. The molecule has 3 N–H and O–H groups in total. The summed E-state index contributed by atoms with van der Waals surface area (Å²) in [6.45, 7) is 2.64. The number of anilines is 1. The van der Waals surface area contributed by atoms with E-state index in [4.69, 9.17) is 4.74 Å². The average Bonchev–Trinajstić information content (AvgIpc) is 3.24. The molecule has 1 unspecified atom stereocenters. The van der Waals surface area contributed by atoms with Crippen LogP contribution in [0.25, 0.3) is 11.0 Å². The fourth-order valence-electron chi connectivity index (χ4n) is 3.38. The van der Waals surface area contributed by atoms with Crippen LogP contribution in [0.1, 0.15) is 37.6 Å². The Balaban J connectivity index is 0.00000113. The van der Waals surface area contributed by atoms with Crippen molar-refractivity contribution in [3.05, 3.63) is 24.0 Å². The Kier molecular flexibility index (Phi) is 7.07. The molecule has 0 saturated carbocycles. The second-order valence-corrected chi connectivity index (χ2v) is 6.37. The van der Waals surface area contributed by atoms with Crippen LogP contribution in [0, 0.1) is 5.92 Å². The summed E-state index contributed by atoms with van der Waals surface area (Å²) < 4.78 is 5.67. The van der Waals surface area contributed by atoms with Crippen LogP contribution in [-0.4, -0.2) is 35.6 Å². The Morgan fingerprint density at radius 3 is 2.72 bits per heavy atom. The van der Waals surface area contributed by atoms with Crippen molar-refractivity contribution in [3.8, 4) is 0 Å². The number of halogens is 2. The lowest BCUT2D eigenvalue weighted by atomic mass is 9.97. The van der Waals surface area contributed by atoms with Gasteiger partial charge in [0.15, 0.2) is 0 Å². The molecule has 0 radical (unpaired) electrons. The van der Waals surface area contributed by atoms with Gasteiger partial charge in [0.25, 0.3) is 0 Å². The number of aromatic amines is 1. The molecule has 1 aromatic heterocycles. The summed E-state index contributed by atoms with van der Waals surface area (Å²) in [5.74, 6) is 1.11. The van der Waals surface area contributed by atoms with Crippen LogP contribution in [-0.2, 0) is 9.53 Å². The monoisotopic (exact) mass is 386 g/mol. The molecule has 6 nitrogen and oxygen atoms in total. The van der Waals surface area contributed by atoms with Gasteiger partial charge in [-0.2, -0.15) is 0 Å². The van der Waals surface area contributed by atoms with Crippen molar-refractivity contribution >= 4 is 47.4 Å². The minimum atomic E-state index is 0. The largest absolute Gasteiger partial charge is 0.370 e. The lowest BCUT2D eigenvalue weighted by molar-refractivity contribution is -0.120. The molecule has 1 aromatic carbocycles. The van der Waals surface area contributed by atoms with E-state index < -0.39 is 0 Å². The third-order valence-corrected chi connectivity index (χ3v) is 4.71. The zero-order chi connectivity index (χ0) is 15.6. The number of ether oxygens (including phenoxy) is 1. The molecule has 0 bridgehead atoms. The van der Waals surface area contributed by atoms with E-state index in [-0.39, 0.29) is 42.7 Å². The van der Waals surface area contributed by atoms with E-state index in [2.05, 4.69) is 20.6 Å². The number of aromatic nitrogens is 2. The molecule has 2 saturated heterocycles. The van der Waals surface area contributed by atoms with Crippen molar-refractivity contribution < 1.29 is 9.53 Å². The SMILES string of the molecule is Cl.Cl.O=C(Nc1ccc2nc(C3CCCO3)[nH]c2c1)C1CCNCC1. The first-order chi connectivity index (χ1) is 11.3. The molecule has 0 spiro atoms.